The van der Waals surface area contributed by atoms with Crippen molar-refractivity contribution in [3.05, 3.63) is 33.8 Å². The first-order valence-corrected chi connectivity index (χ1v) is 5.97. The topological polar surface area (TPSA) is 21.3 Å². The quantitative estimate of drug-likeness (QED) is 0.860. The normalized spacial score (nSPS) is 21.5. The molecule has 1 aromatic carbocycles. The number of ether oxygens (including phenoxy) is 1. The van der Waals surface area contributed by atoms with Gasteiger partial charge < -0.3 is 10.1 Å². The molecule has 1 aliphatic heterocycles. The Hall–Kier alpha value is -0.590. The maximum atomic E-state index is 12.9. The van der Waals surface area contributed by atoms with Gasteiger partial charge in [-0.3, -0.25) is 0 Å². The Balaban J connectivity index is 2.43. The van der Waals surface area contributed by atoms with Crippen LogP contribution in [-0.2, 0) is 10.9 Å². The predicted molar refractivity (Wildman–Crippen MR) is 60.7 cm³/mol. The van der Waals surface area contributed by atoms with Gasteiger partial charge in [0.25, 0.3) is 0 Å². The van der Waals surface area contributed by atoms with Crippen molar-refractivity contribution in [1.29, 1.82) is 0 Å². The summed E-state index contributed by atoms with van der Waals surface area (Å²) in [6.45, 7) is 1.48. The first-order chi connectivity index (χ1) is 8.00. The molecule has 0 saturated carbocycles. The van der Waals surface area contributed by atoms with Crippen LogP contribution in [0, 0.1) is 0 Å². The maximum Gasteiger partial charge on any atom is 0.416 e. The molecule has 17 heavy (non-hydrogen) atoms. The standard InChI is InChI=1S/C11H11BrF3NO/c12-8-3-1-2-7(11(13,14)15)10(8)9-6-16-4-5-17-9/h1-3,9,16H,4-6H2. The summed E-state index contributed by atoms with van der Waals surface area (Å²) in [6, 6.07) is 4.06. The zero-order valence-electron chi connectivity index (χ0n) is 8.85. The van der Waals surface area contributed by atoms with Crippen LogP contribution in [-0.4, -0.2) is 19.7 Å². The maximum absolute atomic E-state index is 12.9. The summed E-state index contributed by atoms with van der Waals surface area (Å²) in [5, 5.41) is 3.03. The summed E-state index contributed by atoms with van der Waals surface area (Å²) in [7, 11) is 0. The largest absolute Gasteiger partial charge is 0.416 e. The van der Waals surface area contributed by atoms with E-state index in [2.05, 4.69) is 21.2 Å². The number of hydrogen-bond donors (Lipinski definition) is 1. The highest BCUT2D eigenvalue weighted by Crippen LogP contribution is 2.39. The summed E-state index contributed by atoms with van der Waals surface area (Å²) < 4.78 is 44.5. The van der Waals surface area contributed by atoms with Gasteiger partial charge in [-0.1, -0.05) is 22.0 Å². The van der Waals surface area contributed by atoms with E-state index in [1.54, 1.807) is 6.07 Å². The minimum atomic E-state index is -4.36. The molecule has 6 heteroatoms. The lowest BCUT2D eigenvalue weighted by Gasteiger charge is -2.27. The molecule has 1 aliphatic rings. The second-order valence-electron chi connectivity index (χ2n) is 3.76. The Morgan fingerprint density at radius 3 is 2.71 bits per heavy atom. The molecule has 1 atom stereocenters. The van der Waals surface area contributed by atoms with Crippen LogP contribution >= 0.6 is 15.9 Å². The van der Waals surface area contributed by atoms with Crippen LogP contribution < -0.4 is 5.32 Å². The summed E-state index contributed by atoms with van der Waals surface area (Å²) in [6.07, 6.45) is -4.92. The summed E-state index contributed by atoms with van der Waals surface area (Å²) >= 11 is 3.17. The van der Waals surface area contributed by atoms with E-state index in [4.69, 9.17) is 4.74 Å². The van der Waals surface area contributed by atoms with Crippen molar-refractivity contribution in [2.45, 2.75) is 12.3 Å². The zero-order chi connectivity index (χ0) is 12.5. The van der Waals surface area contributed by atoms with Gasteiger partial charge in [0, 0.05) is 23.1 Å². The number of morpholine rings is 1. The Bertz CT molecular complexity index is 402. The molecular weight excluding hydrogens is 299 g/mol. The van der Waals surface area contributed by atoms with Gasteiger partial charge in [0.2, 0.25) is 0 Å². The fourth-order valence-electron chi connectivity index (χ4n) is 1.86. The molecule has 1 saturated heterocycles. The smallest absolute Gasteiger partial charge is 0.371 e. The highest BCUT2D eigenvalue weighted by Gasteiger charge is 2.36. The van der Waals surface area contributed by atoms with Crippen LogP contribution in [0.2, 0.25) is 0 Å². The molecule has 1 unspecified atom stereocenters. The van der Waals surface area contributed by atoms with E-state index in [0.717, 1.165) is 6.07 Å². The third-order valence-corrected chi connectivity index (χ3v) is 3.30. The van der Waals surface area contributed by atoms with E-state index < -0.39 is 17.8 Å². The molecule has 0 amide bonds. The van der Waals surface area contributed by atoms with Gasteiger partial charge in [-0.15, -0.1) is 0 Å². The third kappa shape index (κ3) is 2.81. The lowest BCUT2D eigenvalue weighted by atomic mass is 10.0. The van der Waals surface area contributed by atoms with Crippen LogP contribution in [0.15, 0.2) is 22.7 Å². The van der Waals surface area contributed by atoms with Gasteiger partial charge in [0.15, 0.2) is 0 Å². The van der Waals surface area contributed by atoms with Crippen molar-refractivity contribution in [1.82, 2.24) is 5.32 Å². The van der Waals surface area contributed by atoms with Crippen LogP contribution in [0.4, 0.5) is 13.2 Å². The molecule has 1 aromatic rings. The van der Waals surface area contributed by atoms with Gasteiger partial charge in [0.05, 0.1) is 18.3 Å². The second-order valence-corrected chi connectivity index (χ2v) is 4.62. The van der Waals surface area contributed by atoms with Crippen molar-refractivity contribution in [3.8, 4) is 0 Å². The minimum absolute atomic E-state index is 0.173. The van der Waals surface area contributed by atoms with Gasteiger partial charge in [-0.2, -0.15) is 13.2 Å². The molecule has 2 rings (SSSR count). The average Bonchev–Trinajstić information content (AvgIpc) is 2.28. The lowest BCUT2D eigenvalue weighted by Crippen LogP contribution is -2.34. The van der Waals surface area contributed by atoms with E-state index in [9.17, 15) is 13.2 Å². The van der Waals surface area contributed by atoms with E-state index >= 15 is 0 Å². The molecule has 1 N–H and O–H groups in total. The van der Waals surface area contributed by atoms with Crippen LogP contribution in [0.5, 0.6) is 0 Å². The Morgan fingerprint density at radius 1 is 1.35 bits per heavy atom. The van der Waals surface area contributed by atoms with Crippen LogP contribution in [0.25, 0.3) is 0 Å². The van der Waals surface area contributed by atoms with Gasteiger partial charge in [-0.05, 0) is 12.1 Å². The summed E-state index contributed by atoms with van der Waals surface area (Å²) in [5.41, 5.74) is -0.465. The number of nitrogens with one attached hydrogen (secondary N) is 1. The third-order valence-electron chi connectivity index (χ3n) is 2.61. The van der Waals surface area contributed by atoms with Gasteiger partial charge in [-0.25, -0.2) is 0 Å². The number of rotatable bonds is 1. The van der Waals surface area contributed by atoms with Crippen molar-refractivity contribution in [2.24, 2.45) is 0 Å². The van der Waals surface area contributed by atoms with Crippen molar-refractivity contribution in [2.75, 3.05) is 19.7 Å². The number of benzene rings is 1. The zero-order valence-corrected chi connectivity index (χ0v) is 10.4. The molecule has 1 heterocycles. The predicted octanol–water partition coefficient (Wildman–Crippen LogP) is 3.13. The number of hydrogen-bond acceptors (Lipinski definition) is 2. The minimum Gasteiger partial charge on any atom is -0.371 e. The highest BCUT2D eigenvalue weighted by molar-refractivity contribution is 9.10. The molecule has 0 bridgehead atoms. The first kappa shape index (κ1) is 12.9. The van der Waals surface area contributed by atoms with Crippen molar-refractivity contribution >= 4 is 15.9 Å². The molecule has 94 valence electrons. The Morgan fingerprint density at radius 2 is 2.12 bits per heavy atom. The fraction of sp³-hybridized carbons (Fsp3) is 0.455. The van der Waals surface area contributed by atoms with E-state index in [1.807, 2.05) is 0 Å². The molecular formula is C11H11BrF3NO. The lowest BCUT2D eigenvalue weighted by molar-refractivity contribution is -0.139. The van der Waals surface area contributed by atoms with E-state index in [0.29, 0.717) is 24.2 Å². The highest BCUT2D eigenvalue weighted by atomic mass is 79.9. The van der Waals surface area contributed by atoms with Crippen molar-refractivity contribution in [3.63, 3.8) is 0 Å². The average molecular weight is 310 g/mol. The molecule has 2 nitrogen and oxygen atoms in total. The van der Waals surface area contributed by atoms with Gasteiger partial charge in [0.1, 0.15) is 0 Å². The van der Waals surface area contributed by atoms with Gasteiger partial charge >= 0.3 is 6.18 Å². The first-order valence-electron chi connectivity index (χ1n) is 5.18. The molecule has 0 radical (unpaired) electrons. The summed E-state index contributed by atoms with van der Waals surface area (Å²) in [4.78, 5) is 0. The van der Waals surface area contributed by atoms with E-state index in [-0.39, 0.29) is 5.56 Å². The summed E-state index contributed by atoms with van der Waals surface area (Å²) in [5.74, 6) is 0. The molecule has 0 spiro atoms. The monoisotopic (exact) mass is 309 g/mol. The number of alkyl halides is 3. The van der Waals surface area contributed by atoms with E-state index in [1.165, 1.54) is 6.07 Å². The Kier molecular flexibility index (Phi) is 3.75. The Labute approximate surface area is 105 Å². The molecule has 1 fully saturated rings. The molecule has 0 aliphatic carbocycles. The van der Waals surface area contributed by atoms with Crippen molar-refractivity contribution < 1.29 is 17.9 Å². The SMILES string of the molecule is FC(F)(F)c1cccc(Br)c1C1CNCCO1. The number of halogens is 4. The second kappa shape index (κ2) is 4.96. The molecule has 0 aromatic heterocycles. The van der Waals surface area contributed by atoms with Crippen LogP contribution in [0.3, 0.4) is 0 Å². The fourth-order valence-corrected chi connectivity index (χ4v) is 2.48. The van der Waals surface area contributed by atoms with Crippen LogP contribution in [0.1, 0.15) is 17.2 Å².